The molecule has 6 nitrogen and oxygen atoms in total. The lowest BCUT2D eigenvalue weighted by Crippen LogP contribution is -2.24. The van der Waals surface area contributed by atoms with Gasteiger partial charge in [-0.05, 0) is 25.2 Å². The van der Waals surface area contributed by atoms with Crippen LogP contribution in [-0.2, 0) is 4.74 Å². The second kappa shape index (κ2) is 5.41. The molecule has 3 heterocycles. The molecule has 1 fully saturated rings. The molecule has 0 aromatic carbocycles. The standard InChI is InChI=1S/C13H15N3O3S/c1-20-13-14-6-8-5-10(12(17)18)16(11(8)15-13)9-3-2-4-19-7-9/h5-6,9H,2-4,7H2,1H3,(H,17,18)/t9-/m1/s1. The van der Waals surface area contributed by atoms with Crippen LogP contribution in [0.25, 0.3) is 11.0 Å². The molecule has 3 rings (SSSR count). The summed E-state index contributed by atoms with van der Waals surface area (Å²) in [6.45, 7) is 1.27. The van der Waals surface area contributed by atoms with Crippen LogP contribution in [0.2, 0.25) is 0 Å². The molecule has 0 unspecified atom stereocenters. The van der Waals surface area contributed by atoms with Crippen molar-refractivity contribution in [1.29, 1.82) is 0 Å². The van der Waals surface area contributed by atoms with Crippen LogP contribution in [0.3, 0.4) is 0 Å². The molecule has 1 N–H and O–H groups in total. The van der Waals surface area contributed by atoms with Crippen LogP contribution in [-0.4, -0.2) is 45.1 Å². The lowest BCUT2D eigenvalue weighted by atomic mass is 10.1. The van der Waals surface area contributed by atoms with Crippen LogP contribution in [0.15, 0.2) is 17.4 Å². The van der Waals surface area contributed by atoms with Crippen molar-refractivity contribution in [3.8, 4) is 0 Å². The molecule has 1 aliphatic heterocycles. The number of ether oxygens (including phenoxy) is 1. The number of nitrogens with zero attached hydrogens (tertiary/aromatic N) is 3. The summed E-state index contributed by atoms with van der Waals surface area (Å²) in [6.07, 6.45) is 5.42. The molecule has 20 heavy (non-hydrogen) atoms. The molecule has 0 spiro atoms. The van der Waals surface area contributed by atoms with Gasteiger partial charge in [-0.15, -0.1) is 0 Å². The molecule has 7 heteroatoms. The van der Waals surface area contributed by atoms with Gasteiger partial charge in [0.2, 0.25) is 0 Å². The van der Waals surface area contributed by atoms with Crippen molar-refractivity contribution in [2.75, 3.05) is 19.5 Å². The number of thioether (sulfide) groups is 1. The van der Waals surface area contributed by atoms with E-state index in [0.717, 1.165) is 24.8 Å². The van der Waals surface area contributed by atoms with Gasteiger partial charge >= 0.3 is 5.97 Å². The fourth-order valence-corrected chi connectivity index (χ4v) is 2.89. The van der Waals surface area contributed by atoms with Crippen molar-refractivity contribution in [3.63, 3.8) is 0 Å². The molecule has 0 amide bonds. The number of fused-ring (bicyclic) bond motifs is 1. The summed E-state index contributed by atoms with van der Waals surface area (Å²) >= 11 is 1.44. The van der Waals surface area contributed by atoms with Crippen LogP contribution in [0.1, 0.15) is 29.4 Å². The fraction of sp³-hybridized carbons (Fsp3) is 0.462. The second-order valence-corrected chi connectivity index (χ2v) is 5.48. The molecular weight excluding hydrogens is 278 g/mol. The summed E-state index contributed by atoms with van der Waals surface area (Å²) in [4.78, 5) is 20.1. The number of rotatable bonds is 3. The Balaban J connectivity index is 2.18. The third-order valence-electron chi connectivity index (χ3n) is 3.46. The maximum absolute atomic E-state index is 11.5. The van der Waals surface area contributed by atoms with E-state index in [1.807, 2.05) is 6.26 Å². The molecule has 0 saturated carbocycles. The van der Waals surface area contributed by atoms with Gasteiger partial charge < -0.3 is 14.4 Å². The highest BCUT2D eigenvalue weighted by molar-refractivity contribution is 7.98. The van der Waals surface area contributed by atoms with Crippen molar-refractivity contribution in [1.82, 2.24) is 14.5 Å². The van der Waals surface area contributed by atoms with Gasteiger partial charge in [0.05, 0.1) is 12.6 Å². The first-order valence-corrected chi connectivity index (χ1v) is 7.66. The summed E-state index contributed by atoms with van der Waals surface area (Å²) in [5, 5.41) is 10.8. The number of hydrogen-bond acceptors (Lipinski definition) is 5. The van der Waals surface area contributed by atoms with E-state index < -0.39 is 5.97 Å². The predicted molar refractivity (Wildman–Crippen MR) is 75.4 cm³/mol. The smallest absolute Gasteiger partial charge is 0.352 e. The van der Waals surface area contributed by atoms with Crippen molar-refractivity contribution in [3.05, 3.63) is 18.0 Å². The van der Waals surface area contributed by atoms with Crippen LogP contribution >= 0.6 is 11.8 Å². The minimum atomic E-state index is -0.945. The molecule has 2 aromatic rings. The Morgan fingerprint density at radius 2 is 2.45 bits per heavy atom. The number of carbonyl (C=O) groups is 1. The lowest BCUT2D eigenvalue weighted by molar-refractivity contribution is 0.0550. The summed E-state index contributed by atoms with van der Waals surface area (Å²) < 4.78 is 7.27. The minimum absolute atomic E-state index is 0.0250. The highest BCUT2D eigenvalue weighted by Crippen LogP contribution is 2.28. The van der Waals surface area contributed by atoms with Gasteiger partial charge in [-0.25, -0.2) is 14.8 Å². The maximum atomic E-state index is 11.5. The topological polar surface area (TPSA) is 77.2 Å². The highest BCUT2D eigenvalue weighted by atomic mass is 32.2. The number of hydrogen-bond donors (Lipinski definition) is 1. The zero-order valence-electron chi connectivity index (χ0n) is 11.1. The molecule has 0 bridgehead atoms. The minimum Gasteiger partial charge on any atom is -0.477 e. The van der Waals surface area contributed by atoms with Crippen molar-refractivity contribution in [2.45, 2.75) is 24.0 Å². The average Bonchev–Trinajstić information content (AvgIpc) is 2.86. The van der Waals surface area contributed by atoms with Crippen molar-refractivity contribution < 1.29 is 14.6 Å². The average molecular weight is 293 g/mol. The highest BCUT2D eigenvalue weighted by Gasteiger charge is 2.24. The van der Waals surface area contributed by atoms with E-state index in [2.05, 4.69) is 9.97 Å². The zero-order chi connectivity index (χ0) is 14.1. The summed E-state index contributed by atoms with van der Waals surface area (Å²) in [5.41, 5.74) is 0.931. The van der Waals surface area contributed by atoms with Gasteiger partial charge in [0.1, 0.15) is 11.3 Å². The van der Waals surface area contributed by atoms with Gasteiger partial charge in [0, 0.05) is 18.2 Å². The molecule has 0 radical (unpaired) electrons. The largest absolute Gasteiger partial charge is 0.477 e. The summed E-state index contributed by atoms with van der Waals surface area (Å²) in [6, 6.07) is 1.66. The normalized spacial score (nSPS) is 19.4. The summed E-state index contributed by atoms with van der Waals surface area (Å²) in [5.74, 6) is -0.945. The number of carboxylic acids is 1. The molecule has 0 aliphatic carbocycles. The zero-order valence-corrected chi connectivity index (χ0v) is 11.9. The van der Waals surface area contributed by atoms with E-state index in [1.165, 1.54) is 11.8 Å². The van der Waals surface area contributed by atoms with Gasteiger partial charge in [0.25, 0.3) is 0 Å². The van der Waals surface area contributed by atoms with Gasteiger partial charge in [-0.3, -0.25) is 0 Å². The monoisotopic (exact) mass is 293 g/mol. The summed E-state index contributed by atoms with van der Waals surface area (Å²) in [7, 11) is 0. The third-order valence-corrected chi connectivity index (χ3v) is 4.02. The molecule has 1 saturated heterocycles. The number of carboxylic acid groups (broad SMARTS) is 1. The molecule has 106 valence electrons. The van der Waals surface area contributed by atoms with E-state index in [1.54, 1.807) is 16.8 Å². The van der Waals surface area contributed by atoms with Crippen LogP contribution in [0.4, 0.5) is 0 Å². The Kier molecular flexibility index (Phi) is 3.62. The Morgan fingerprint density at radius 3 is 3.10 bits per heavy atom. The first kappa shape index (κ1) is 13.4. The number of aromatic carboxylic acids is 1. The Hall–Kier alpha value is -1.60. The van der Waals surface area contributed by atoms with Gasteiger partial charge in [0.15, 0.2) is 5.16 Å². The molecule has 1 atom stereocenters. The fourth-order valence-electron chi connectivity index (χ4n) is 2.55. The molecular formula is C13H15N3O3S. The van der Waals surface area contributed by atoms with Gasteiger partial charge in [-0.2, -0.15) is 0 Å². The van der Waals surface area contributed by atoms with Crippen LogP contribution in [0, 0.1) is 0 Å². The van der Waals surface area contributed by atoms with E-state index in [-0.39, 0.29) is 11.7 Å². The Labute approximate surface area is 120 Å². The number of aromatic nitrogens is 3. The lowest BCUT2D eigenvalue weighted by Gasteiger charge is -2.25. The van der Waals surface area contributed by atoms with Gasteiger partial charge in [-0.1, -0.05) is 11.8 Å². The first-order chi connectivity index (χ1) is 9.70. The predicted octanol–water partition coefficient (Wildman–Crippen LogP) is 2.20. The van der Waals surface area contributed by atoms with Crippen molar-refractivity contribution >= 4 is 28.8 Å². The quantitative estimate of drug-likeness (QED) is 0.690. The third kappa shape index (κ3) is 2.27. The second-order valence-electron chi connectivity index (χ2n) is 4.71. The first-order valence-electron chi connectivity index (χ1n) is 6.43. The molecule has 2 aromatic heterocycles. The van der Waals surface area contributed by atoms with E-state index in [0.29, 0.717) is 17.4 Å². The van der Waals surface area contributed by atoms with Crippen molar-refractivity contribution in [2.24, 2.45) is 0 Å². The van der Waals surface area contributed by atoms with E-state index in [9.17, 15) is 9.90 Å². The van der Waals surface area contributed by atoms with E-state index in [4.69, 9.17) is 4.74 Å². The van der Waals surface area contributed by atoms with E-state index >= 15 is 0 Å². The Morgan fingerprint density at radius 1 is 1.60 bits per heavy atom. The Bertz CT molecular complexity index is 650. The van der Waals surface area contributed by atoms with Crippen LogP contribution < -0.4 is 0 Å². The SMILES string of the molecule is CSc1ncc2cc(C(=O)O)n([C@@H]3CCCOC3)c2n1. The maximum Gasteiger partial charge on any atom is 0.352 e. The molecule has 1 aliphatic rings. The van der Waals surface area contributed by atoms with Crippen LogP contribution in [0.5, 0.6) is 0 Å².